The molecule has 5 heteroatoms. The van der Waals surface area contributed by atoms with E-state index in [0.717, 1.165) is 56.2 Å². The summed E-state index contributed by atoms with van der Waals surface area (Å²) >= 11 is 0. The van der Waals surface area contributed by atoms with E-state index in [-0.39, 0.29) is 5.91 Å². The predicted molar refractivity (Wildman–Crippen MR) is 97.2 cm³/mol. The lowest BCUT2D eigenvalue weighted by atomic mass is 10.1. The van der Waals surface area contributed by atoms with Crippen LogP contribution in [0.5, 0.6) is 0 Å². The predicted octanol–water partition coefficient (Wildman–Crippen LogP) is 2.96. The Kier molecular flexibility index (Phi) is 5.87. The summed E-state index contributed by atoms with van der Waals surface area (Å²) < 4.78 is 5.18. The van der Waals surface area contributed by atoms with Gasteiger partial charge in [-0.1, -0.05) is 35.5 Å². The fourth-order valence-electron chi connectivity index (χ4n) is 3.47. The third kappa shape index (κ3) is 4.69. The Hall–Kier alpha value is -2.14. The van der Waals surface area contributed by atoms with E-state index in [9.17, 15) is 4.79 Å². The summed E-state index contributed by atoms with van der Waals surface area (Å²) in [6.07, 6.45) is 2.27. The molecule has 1 aliphatic rings. The van der Waals surface area contributed by atoms with Crippen LogP contribution in [0.3, 0.4) is 0 Å². The molecule has 0 unspecified atom stereocenters. The number of aryl methyl sites for hydroxylation is 2. The molecule has 1 fully saturated rings. The van der Waals surface area contributed by atoms with Crippen molar-refractivity contribution in [3.05, 3.63) is 52.9 Å². The molecule has 1 aliphatic heterocycles. The van der Waals surface area contributed by atoms with Crippen molar-refractivity contribution in [1.29, 1.82) is 0 Å². The van der Waals surface area contributed by atoms with Gasteiger partial charge < -0.3 is 9.42 Å². The van der Waals surface area contributed by atoms with Gasteiger partial charge in [-0.15, -0.1) is 0 Å². The van der Waals surface area contributed by atoms with Crippen molar-refractivity contribution in [2.24, 2.45) is 0 Å². The summed E-state index contributed by atoms with van der Waals surface area (Å²) in [5.74, 6) is 1.07. The average molecular weight is 341 g/mol. The number of benzene rings is 1. The molecule has 0 N–H and O–H groups in total. The first-order valence-electron chi connectivity index (χ1n) is 9.09. The summed E-state index contributed by atoms with van der Waals surface area (Å²) in [5.41, 5.74) is 3.31. The lowest BCUT2D eigenvalue weighted by Crippen LogP contribution is -2.35. The summed E-state index contributed by atoms with van der Waals surface area (Å²) in [7, 11) is 0. The summed E-state index contributed by atoms with van der Waals surface area (Å²) in [6, 6.07) is 10.5. The Balaban J connectivity index is 1.49. The van der Waals surface area contributed by atoms with Crippen LogP contribution < -0.4 is 0 Å². The smallest absolute Gasteiger partial charge is 0.222 e. The van der Waals surface area contributed by atoms with Crippen molar-refractivity contribution < 1.29 is 9.32 Å². The molecule has 0 radical (unpaired) electrons. The molecule has 0 aliphatic carbocycles. The molecule has 134 valence electrons. The van der Waals surface area contributed by atoms with Crippen LogP contribution in [0.15, 0.2) is 34.9 Å². The van der Waals surface area contributed by atoms with Gasteiger partial charge in [0.1, 0.15) is 5.76 Å². The van der Waals surface area contributed by atoms with Crippen LogP contribution in [-0.4, -0.2) is 47.0 Å². The maximum atomic E-state index is 12.6. The highest BCUT2D eigenvalue weighted by atomic mass is 16.5. The molecular weight excluding hydrogens is 314 g/mol. The monoisotopic (exact) mass is 341 g/mol. The second-order valence-electron chi connectivity index (χ2n) is 6.80. The van der Waals surface area contributed by atoms with Crippen molar-refractivity contribution in [3.63, 3.8) is 0 Å². The summed E-state index contributed by atoms with van der Waals surface area (Å²) in [5, 5.41) is 3.96. The third-order valence-corrected chi connectivity index (χ3v) is 4.96. The fourth-order valence-corrected chi connectivity index (χ4v) is 3.47. The van der Waals surface area contributed by atoms with Crippen LogP contribution in [0.4, 0.5) is 0 Å². The number of carbonyl (C=O) groups is 1. The van der Waals surface area contributed by atoms with Crippen LogP contribution in [0.2, 0.25) is 0 Å². The number of rotatable bonds is 5. The number of amides is 1. The Morgan fingerprint density at radius 2 is 1.92 bits per heavy atom. The van der Waals surface area contributed by atoms with E-state index in [1.807, 2.05) is 24.8 Å². The summed E-state index contributed by atoms with van der Waals surface area (Å²) in [6.45, 7) is 8.45. The highest BCUT2D eigenvalue weighted by Crippen LogP contribution is 2.16. The molecular formula is C20H27N3O2. The van der Waals surface area contributed by atoms with Gasteiger partial charge in [0.05, 0.1) is 5.69 Å². The van der Waals surface area contributed by atoms with Gasteiger partial charge in [-0.25, -0.2) is 0 Å². The van der Waals surface area contributed by atoms with Crippen LogP contribution in [-0.2, 0) is 17.8 Å². The SMILES string of the molecule is Cc1noc(C)c1CCC(=O)N1CCCN(Cc2ccccc2)CC1. The van der Waals surface area contributed by atoms with E-state index in [4.69, 9.17) is 4.52 Å². The molecule has 1 aromatic heterocycles. The van der Waals surface area contributed by atoms with Crippen molar-refractivity contribution >= 4 is 5.91 Å². The molecule has 2 aromatic rings. The minimum Gasteiger partial charge on any atom is -0.361 e. The first-order chi connectivity index (χ1) is 12.1. The van der Waals surface area contributed by atoms with Gasteiger partial charge in [-0.3, -0.25) is 9.69 Å². The first-order valence-corrected chi connectivity index (χ1v) is 9.09. The Labute approximate surface area is 149 Å². The zero-order valence-electron chi connectivity index (χ0n) is 15.2. The topological polar surface area (TPSA) is 49.6 Å². The van der Waals surface area contributed by atoms with Gasteiger partial charge in [0, 0.05) is 44.7 Å². The van der Waals surface area contributed by atoms with E-state index in [2.05, 4.69) is 34.3 Å². The van der Waals surface area contributed by atoms with Crippen LogP contribution >= 0.6 is 0 Å². The van der Waals surface area contributed by atoms with E-state index in [1.54, 1.807) is 0 Å². The van der Waals surface area contributed by atoms with Crippen molar-refractivity contribution in [1.82, 2.24) is 15.0 Å². The minimum atomic E-state index is 0.238. The highest BCUT2D eigenvalue weighted by Gasteiger charge is 2.20. The van der Waals surface area contributed by atoms with Crippen molar-refractivity contribution in [2.75, 3.05) is 26.2 Å². The van der Waals surface area contributed by atoms with Gasteiger partial charge >= 0.3 is 0 Å². The number of nitrogens with zero attached hydrogens (tertiary/aromatic N) is 3. The molecule has 2 heterocycles. The number of carbonyl (C=O) groups excluding carboxylic acids is 1. The zero-order valence-corrected chi connectivity index (χ0v) is 15.2. The highest BCUT2D eigenvalue weighted by molar-refractivity contribution is 5.76. The van der Waals surface area contributed by atoms with Crippen molar-refractivity contribution in [3.8, 4) is 0 Å². The minimum absolute atomic E-state index is 0.238. The van der Waals surface area contributed by atoms with E-state index in [0.29, 0.717) is 12.8 Å². The zero-order chi connectivity index (χ0) is 17.6. The molecule has 0 spiro atoms. The largest absolute Gasteiger partial charge is 0.361 e. The van der Waals surface area contributed by atoms with Gasteiger partial charge in [0.2, 0.25) is 5.91 Å². The maximum Gasteiger partial charge on any atom is 0.222 e. The molecule has 0 saturated carbocycles. The van der Waals surface area contributed by atoms with E-state index >= 15 is 0 Å². The van der Waals surface area contributed by atoms with Crippen LogP contribution in [0, 0.1) is 13.8 Å². The maximum absolute atomic E-state index is 12.6. The molecule has 1 amide bonds. The Morgan fingerprint density at radius 3 is 2.64 bits per heavy atom. The molecule has 0 bridgehead atoms. The molecule has 5 nitrogen and oxygen atoms in total. The second kappa shape index (κ2) is 8.30. The van der Waals surface area contributed by atoms with Crippen LogP contribution in [0.25, 0.3) is 0 Å². The number of hydrogen-bond donors (Lipinski definition) is 0. The molecule has 25 heavy (non-hydrogen) atoms. The second-order valence-corrected chi connectivity index (χ2v) is 6.80. The third-order valence-electron chi connectivity index (χ3n) is 4.96. The lowest BCUT2D eigenvalue weighted by molar-refractivity contribution is -0.131. The average Bonchev–Trinajstić information content (AvgIpc) is 2.81. The van der Waals surface area contributed by atoms with E-state index < -0.39 is 0 Å². The van der Waals surface area contributed by atoms with Gasteiger partial charge in [0.25, 0.3) is 0 Å². The molecule has 3 rings (SSSR count). The Bertz CT molecular complexity index is 677. The number of aromatic nitrogens is 1. The first kappa shape index (κ1) is 17.7. The van der Waals surface area contributed by atoms with Gasteiger partial charge in [0.15, 0.2) is 0 Å². The quantitative estimate of drug-likeness (QED) is 0.839. The van der Waals surface area contributed by atoms with Crippen LogP contribution in [0.1, 0.15) is 35.4 Å². The fraction of sp³-hybridized carbons (Fsp3) is 0.500. The van der Waals surface area contributed by atoms with Gasteiger partial charge in [-0.2, -0.15) is 0 Å². The lowest BCUT2D eigenvalue weighted by Gasteiger charge is -2.22. The molecule has 1 saturated heterocycles. The van der Waals surface area contributed by atoms with E-state index in [1.165, 1.54) is 5.56 Å². The standard InChI is InChI=1S/C20H27N3O2/c1-16-19(17(2)25-21-16)9-10-20(24)23-12-6-11-22(13-14-23)15-18-7-4-3-5-8-18/h3-5,7-8H,6,9-15H2,1-2H3. The number of hydrogen-bond acceptors (Lipinski definition) is 4. The molecule has 1 aromatic carbocycles. The Morgan fingerprint density at radius 1 is 1.12 bits per heavy atom. The van der Waals surface area contributed by atoms with Crippen molar-refractivity contribution in [2.45, 2.75) is 39.7 Å². The van der Waals surface area contributed by atoms with Gasteiger partial charge in [-0.05, 0) is 32.3 Å². The normalized spacial score (nSPS) is 16.0. The summed E-state index contributed by atoms with van der Waals surface area (Å²) in [4.78, 5) is 17.0. The molecule has 0 atom stereocenters.